The Labute approximate surface area is 128 Å². The Balaban J connectivity index is 1.82. The van der Waals surface area contributed by atoms with Gasteiger partial charge in [-0.2, -0.15) is 0 Å². The molecule has 0 spiro atoms. The molecule has 0 saturated heterocycles. The highest BCUT2D eigenvalue weighted by Gasteiger charge is 2.08. The van der Waals surface area contributed by atoms with E-state index in [-0.39, 0.29) is 11.3 Å². The maximum absolute atomic E-state index is 12.1. The molecule has 3 aromatic rings. The molecular weight excluding hydrogens is 274 g/mol. The van der Waals surface area contributed by atoms with Gasteiger partial charge in [0.25, 0.3) is 5.56 Å². The molecule has 0 aliphatic rings. The minimum atomic E-state index is -0.112. The van der Waals surface area contributed by atoms with E-state index < -0.39 is 0 Å². The molecule has 0 amide bonds. The topological polar surface area (TPSA) is 49.9 Å². The number of pyridine rings is 1. The van der Waals surface area contributed by atoms with Crippen molar-refractivity contribution in [3.63, 3.8) is 0 Å². The first-order chi connectivity index (χ1) is 10.6. The van der Waals surface area contributed by atoms with E-state index in [0.29, 0.717) is 24.0 Å². The van der Waals surface area contributed by atoms with Gasteiger partial charge in [-0.3, -0.25) is 9.59 Å². The van der Waals surface area contributed by atoms with Crippen molar-refractivity contribution >= 4 is 16.7 Å². The van der Waals surface area contributed by atoms with E-state index >= 15 is 0 Å². The van der Waals surface area contributed by atoms with Crippen LogP contribution in [0.25, 0.3) is 10.9 Å². The summed E-state index contributed by atoms with van der Waals surface area (Å²) in [5, 5.41) is 0.993. The lowest BCUT2D eigenvalue weighted by molar-refractivity contribution is 0.0983. The number of fused-ring (bicyclic) bond motifs is 1. The molecular formula is C19H17NO2. The number of hydrogen-bond acceptors (Lipinski definition) is 2. The second kappa shape index (κ2) is 5.98. The molecule has 3 nitrogen and oxygen atoms in total. The number of benzene rings is 2. The molecule has 22 heavy (non-hydrogen) atoms. The van der Waals surface area contributed by atoms with Crippen molar-refractivity contribution < 1.29 is 4.79 Å². The van der Waals surface area contributed by atoms with E-state index in [1.54, 1.807) is 12.1 Å². The van der Waals surface area contributed by atoms with E-state index in [0.717, 1.165) is 16.5 Å². The summed E-state index contributed by atoms with van der Waals surface area (Å²) in [6, 6.07) is 17.0. The van der Waals surface area contributed by atoms with Gasteiger partial charge in [0, 0.05) is 23.1 Å². The summed E-state index contributed by atoms with van der Waals surface area (Å²) < 4.78 is 0. The zero-order valence-corrected chi connectivity index (χ0v) is 12.4. The number of aromatic amines is 1. The van der Waals surface area contributed by atoms with Crippen LogP contribution in [0.3, 0.4) is 0 Å². The lowest BCUT2D eigenvalue weighted by Crippen LogP contribution is -2.14. The highest BCUT2D eigenvalue weighted by atomic mass is 16.1. The molecule has 0 fully saturated rings. The van der Waals surface area contributed by atoms with Gasteiger partial charge < -0.3 is 4.98 Å². The lowest BCUT2D eigenvalue weighted by atomic mass is 10.0. The van der Waals surface area contributed by atoms with Gasteiger partial charge in [0.05, 0.1) is 0 Å². The number of H-pyrrole nitrogens is 1. The van der Waals surface area contributed by atoms with Gasteiger partial charge in [0.1, 0.15) is 0 Å². The number of Topliss-reactive ketones (excluding diaryl/α,β-unsaturated/α-hetero) is 1. The van der Waals surface area contributed by atoms with E-state index in [4.69, 9.17) is 0 Å². The van der Waals surface area contributed by atoms with Crippen LogP contribution in [-0.2, 0) is 6.42 Å². The summed E-state index contributed by atoms with van der Waals surface area (Å²) in [6.45, 7) is 1.99. The highest BCUT2D eigenvalue weighted by Crippen LogP contribution is 2.14. The summed E-state index contributed by atoms with van der Waals surface area (Å²) >= 11 is 0. The Bertz CT molecular complexity index is 879. The SMILES string of the molecule is Cc1ccc2cc(CCC(=O)c3ccccc3)c(=O)[nH]c2c1. The summed E-state index contributed by atoms with van der Waals surface area (Å²) in [5.74, 6) is 0.0593. The second-order valence-corrected chi connectivity index (χ2v) is 5.50. The summed E-state index contributed by atoms with van der Waals surface area (Å²) in [4.78, 5) is 27.1. The van der Waals surface area contributed by atoms with E-state index in [1.165, 1.54) is 0 Å². The van der Waals surface area contributed by atoms with Crippen LogP contribution in [0.2, 0.25) is 0 Å². The number of ketones is 1. The average Bonchev–Trinajstić information content (AvgIpc) is 2.53. The van der Waals surface area contributed by atoms with Crippen molar-refractivity contribution in [2.75, 3.05) is 0 Å². The summed E-state index contributed by atoms with van der Waals surface area (Å²) in [5.41, 5.74) is 3.17. The maximum atomic E-state index is 12.1. The number of hydrogen-bond donors (Lipinski definition) is 1. The first-order valence-electron chi connectivity index (χ1n) is 7.34. The molecule has 2 aromatic carbocycles. The van der Waals surface area contributed by atoms with E-state index in [1.807, 2.05) is 49.4 Å². The van der Waals surface area contributed by atoms with Crippen LogP contribution >= 0.6 is 0 Å². The van der Waals surface area contributed by atoms with E-state index in [2.05, 4.69) is 4.98 Å². The number of rotatable bonds is 4. The Morgan fingerprint density at radius 1 is 1.05 bits per heavy atom. The first-order valence-corrected chi connectivity index (χ1v) is 7.34. The third-order valence-corrected chi connectivity index (χ3v) is 3.80. The standard InChI is InChI=1S/C19H17NO2/c1-13-7-8-15-12-16(19(22)20-17(15)11-13)9-10-18(21)14-5-3-2-4-6-14/h2-8,11-12H,9-10H2,1H3,(H,20,22). The lowest BCUT2D eigenvalue weighted by Gasteiger charge is -2.04. The smallest absolute Gasteiger partial charge is 0.251 e. The number of aromatic nitrogens is 1. The second-order valence-electron chi connectivity index (χ2n) is 5.50. The summed E-state index contributed by atoms with van der Waals surface area (Å²) in [6.07, 6.45) is 0.789. The van der Waals surface area contributed by atoms with Crippen LogP contribution in [0, 0.1) is 6.92 Å². The fourth-order valence-electron chi connectivity index (χ4n) is 2.56. The zero-order valence-electron chi connectivity index (χ0n) is 12.4. The van der Waals surface area contributed by atoms with Gasteiger partial charge in [0.15, 0.2) is 5.78 Å². The molecule has 3 heteroatoms. The van der Waals surface area contributed by atoms with Crippen LogP contribution in [0.1, 0.15) is 27.9 Å². The molecule has 0 aliphatic carbocycles. The predicted octanol–water partition coefficient (Wildman–Crippen LogP) is 3.65. The highest BCUT2D eigenvalue weighted by molar-refractivity contribution is 5.96. The minimum Gasteiger partial charge on any atom is -0.322 e. The molecule has 0 bridgehead atoms. The number of aryl methyl sites for hydroxylation is 2. The van der Waals surface area contributed by atoms with Crippen LogP contribution in [-0.4, -0.2) is 10.8 Å². The largest absolute Gasteiger partial charge is 0.322 e. The van der Waals surface area contributed by atoms with Crippen molar-refractivity contribution in [3.8, 4) is 0 Å². The molecule has 0 saturated carbocycles. The van der Waals surface area contributed by atoms with Gasteiger partial charge in [-0.1, -0.05) is 42.5 Å². The Morgan fingerprint density at radius 2 is 1.82 bits per heavy atom. The predicted molar refractivity (Wildman–Crippen MR) is 88.4 cm³/mol. The molecule has 0 radical (unpaired) electrons. The summed E-state index contributed by atoms with van der Waals surface area (Å²) in [7, 11) is 0. The van der Waals surface area contributed by atoms with Gasteiger partial charge in [-0.05, 0) is 36.4 Å². The van der Waals surface area contributed by atoms with Crippen LogP contribution < -0.4 is 5.56 Å². The Kier molecular flexibility index (Phi) is 3.88. The van der Waals surface area contributed by atoms with Gasteiger partial charge >= 0.3 is 0 Å². The van der Waals surface area contributed by atoms with Crippen molar-refractivity contribution in [2.24, 2.45) is 0 Å². The Hall–Kier alpha value is -2.68. The number of carbonyl (C=O) groups is 1. The zero-order chi connectivity index (χ0) is 15.5. The number of carbonyl (C=O) groups excluding carboxylic acids is 1. The molecule has 3 rings (SSSR count). The van der Waals surface area contributed by atoms with Crippen molar-refractivity contribution in [1.82, 2.24) is 4.98 Å². The average molecular weight is 291 g/mol. The molecule has 1 aromatic heterocycles. The van der Waals surface area contributed by atoms with Crippen molar-refractivity contribution in [2.45, 2.75) is 19.8 Å². The van der Waals surface area contributed by atoms with Gasteiger partial charge in [0.2, 0.25) is 0 Å². The molecule has 1 heterocycles. The van der Waals surface area contributed by atoms with Crippen LogP contribution in [0.5, 0.6) is 0 Å². The minimum absolute atomic E-state index is 0.0593. The monoisotopic (exact) mass is 291 g/mol. The van der Waals surface area contributed by atoms with Crippen molar-refractivity contribution in [3.05, 3.63) is 81.6 Å². The molecule has 0 aliphatic heterocycles. The van der Waals surface area contributed by atoms with Crippen LogP contribution in [0.15, 0.2) is 59.4 Å². The first kappa shape index (κ1) is 14.3. The fraction of sp³-hybridized carbons (Fsp3) is 0.158. The number of nitrogens with one attached hydrogen (secondary N) is 1. The third-order valence-electron chi connectivity index (χ3n) is 3.80. The normalized spacial score (nSPS) is 10.8. The third kappa shape index (κ3) is 2.98. The Morgan fingerprint density at radius 3 is 2.59 bits per heavy atom. The molecule has 110 valence electrons. The maximum Gasteiger partial charge on any atom is 0.251 e. The van der Waals surface area contributed by atoms with Crippen LogP contribution in [0.4, 0.5) is 0 Å². The van der Waals surface area contributed by atoms with E-state index in [9.17, 15) is 9.59 Å². The molecule has 0 unspecified atom stereocenters. The van der Waals surface area contributed by atoms with Gasteiger partial charge in [-0.25, -0.2) is 0 Å². The van der Waals surface area contributed by atoms with Crippen molar-refractivity contribution in [1.29, 1.82) is 0 Å². The molecule has 0 atom stereocenters. The fourth-order valence-corrected chi connectivity index (χ4v) is 2.56. The quantitative estimate of drug-likeness (QED) is 0.746. The van der Waals surface area contributed by atoms with Gasteiger partial charge in [-0.15, -0.1) is 0 Å². The molecule has 1 N–H and O–H groups in total.